The van der Waals surface area contributed by atoms with Crippen molar-refractivity contribution in [2.24, 2.45) is 0 Å². The second-order valence-corrected chi connectivity index (χ2v) is 7.45. The summed E-state index contributed by atoms with van der Waals surface area (Å²) in [6.45, 7) is 6.01. The van der Waals surface area contributed by atoms with Crippen LogP contribution in [0.25, 0.3) is 11.0 Å². The van der Waals surface area contributed by atoms with Gasteiger partial charge in [-0.2, -0.15) is 0 Å². The first kappa shape index (κ1) is 18.5. The van der Waals surface area contributed by atoms with Crippen molar-refractivity contribution in [2.75, 3.05) is 13.2 Å². The zero-order chi connectivity index (χ0) is 19.5. The highest BCUT2D eigenvalue weighted by Gasteiger charge is 2.32. The van der Waals surface area contributed by atoms with E-state index in [1.165, 1.54) is 0 Å². The molecule has 1 fully saturated rings. The third-order valence-corrected chi connectivity index (χ3v) is 5.52. The maximum absolute atomic E-state index is 12.1. The number of benzene rings is 2. The quantitative estimate of drug-likeness (QED) is 0.594. The summed E-state index contributed by atoms with van der Waals surface area (Å²) in [5.74, 6) is 2.07. The van der Waals surface area contributed by atoms with Gasteiger partial charge in [-0.25, -0.2) is 4.98 Å². The molecule has 0 bridgehead atoms. The molecule has 0 unspecified atom stereocenters. The minimum Gasteiger partial charge on any atom is -0.493 e. The third-order valence-electron chi connectivity index (χ3n) is 5.52. The zero-order valence-electron chi connectivity index (χ0n) is 16.6. The molecule has 1 aliphatic rings. The Morgan fingerprint density at radius 1 is 1.18 bits per heavy atom. The number of hydrogen-bond donors (Lipinski definition) is 0. The molecule has 0 N–H and O–H groups in total. The molecule has 1 aliphatic heterocycles. The molecule has 2 heterocycles. The first-order valence-corrected chi connectivity index (χ1v) is 10.1. The number of hydrogen-bond acceptors (Lipinski definition) is 3. The van der Waals surface area contributed by atoms with Gasteiger partial charge >= 0.3 is 0 Å². The summed E-state index contributed by atoms with van der Waals surface area (Å²) in [6, 6.07) is 16.4. The number of ether oxygens (including phenoxy) is 1. The van der Waals surface area contributed by atoms with Crippen LogP contribution >= 0.6 is 0 Å². The number of aryl methyl sites for hydroxylation is 2. The van der Waals surface area contributed by atoms with Crippen molar-refractivity contribution in [3.63, 3.8) is 0 Å². The Morgan fingerprint density at radius 3 is 2.79 bits per heavy atom. The Bertz CT molecular complexity index is 979. The predicted molar refractivity (Wildman–Crippen MR) is 110 cm³/mol. The molecule has 0 aliphatic carbocycles. The molecular weight excluding hydrogens is 350 g/mol. The Balaban J connectivity index is 1.54. The third kappa shape index (κ3) is 3.61. The van der Waals surface area contributed by atoms with E-state index < -0.39 is 0 Å². The van der Waals surface area contributed by atoms with Crippen molar-refractivity contribution in [1.82, 2.24) is 14.5 Å². The molecule has 4 rings (SSSR count). The van der Waals surface area contributed by atoms with Crippen LogP contribution in [0.3, 0.4) is 0 Å². The second kappa shape index (κ2) is 8.05. The van der Waals surface area contributed by atoms with Gasteiger partial charge in [0.15, 0.2) is 0 Å². The Hall–Kier alpha value is -2.82. The van der Waals surface area contributed by atoms with Gasteiger partial charge < -0.3 is 14.2 Å². The van der Waals surface area contributed by atoms with E-state index in [0.29, 0.717) is 6.61 Å². The van der Waals surface area contributed by atoms with Crippen LogP contribution in [0, 0.1) is 6.92 Å². The van der Waals surface area contributed by atoms with Crippen molar-refractivity contribution >= 4 is 16.9 Å². The average Bonchev–Trinajstić information content (AvgIpc) is 3.31. The molecule has 146 valence electrons. The number of amides is 1. The Kier molecular flexibility index (Phi) is 5.33. The maximum Gasteiger partial charge on any atom is 0.220 e. The molecule has 1 atom stereocenters. The van der Waals surface area contributed by atoms with Gasteiger partial charge in [-0.1, -0.05) is 30.3 Å². The number of likely N-dealkylation sites (tertiary alicyclic amines) is 1. The zero-order valence-corrected chi connectivity index (χ0v) is 16.6. The highest BCUT2D eigenvalue weighted by Crippen LogP contribution is 2.33. The fourth-order valence-corrected chi connectivity index (χ4v) is 4.12. The molecule has 0 spiro atoms. The highest BCUT2D eigenvalue weighted by molar-refractivity contribution is 5.77. The van der Waals surface area contributed by atoms with Crippen LogP contribution < -0.4 is 4.74 Å². The predicted octanol–water partition coefficient (Wildman–Crippen LogP) is 4.50. The molecule has 2 aromatic carbocycles. The van der Waals surface area contributed by atoms with E-state index >= 15 is 0 Å². The number of rotatable bonds is 6. The molecule has 1 saturated heterocycles. The van der Waals surface area contributed by atoms with Crippen molar-refractivity contribution < 1.29 is 9.53 Å². The lowest BCUT2D eigenvalue weighted by molar-refractivity contribution is -0.129. The summed E-state index contributed by atoms with van der Waals surface area (Å²) in [5.41, 5.74) is 3.27. The van der Waals surface area contributed by atoms with Crippen LogP contribution in [-0.4, -0.2) is 33.5 Å². The summed E-state index contributed by atoms with van der Waals surface area (Å²) in [5, 5.41) is 0. The number of fused-ring (bicyclic) bond motifs is 1. The van der Waals surface area contributed by atoms with Crippen LogP contribution in [0.2, 0.25) is 0 Å². The van der Waals surface area contributed by atoms with E-state index in [2.05, 4.69) is 23.6 Å². The lowest BCUT2D eigenvalue weighted by Crippen LogP contribution is -2.30. The van der Waals surface area contributed by atoms with Gasteiger partial charge in [0.25, 0.3) is 0 Å². The Labute approximate surface area is 165 Å². The number of carbonyl (C=O) groups is 1. The van der Waals surface area contributed by atoms with E-state index in [-0.39, 0.29) is 11.9 Å². The van der Waals surface area contributed by atoms with Crippen LogP contribution in [-0.2, 0) is 11.3 Å². The lowest BCUT2D eigenvalue weighted by Gasteiger charge is -2.24. The molecule has 1 aromatic heterocycles. The molecule has 5 nitrogen and oxygen atoms in total. The van der Waals surface area contributed by atoms with Gasteiger partial charge in [0.1, 0.15) is 11.6 Å². The van der Waals surface area contributed by atoms with E-state index in [1.807, 2.05) is 41.3 Å². The van der Waals surface area contributed by atoms with Gasteiger partial charge in [0.2, 0.25) is 5.91 Å². The highest BCUT2D eigenvalue weighted by atomic mass is 16.5. The van der Waals surface area contributed by atoms with Gasteiger partial charge in [-0.3, -0.25) is 4.79 Å². The normalized spacial score (nSPS) is 16.6. The fraction of sp³-hybridized carbons (Fsp3) is 0.391. The SMILES string of the molecule is CC(=O)N1CCC[C@H]1c1nc2ccccc2n1CCCOc1ccccc1C. The van der Waals surface area contributed by atoms with Crippen molar-refractivity contribution in [3.8, 4) is 5.75 Å². The fourth-order valence-electron chi connectivity index (χ4n) is 4.12. The minimum absolute atomic E-state index is 0.0715. The van der Waals surface area contributed by atoms with Crippen molar-refractivity contribution in [2.45, 2.75) is 45.7 Å². The number of imidazole rings is 1. The van der Waals surface area contributed by atoms with Crippen molar-refractivity contribution in [3.05, 3.63) is 59.9 Å². The first-order chi connectivity index (χ1) is 13.6. The van der Waals surface area contributed by atoms with Crippen molar-refractivity contribution in [1.29, 1.82) is 0 Å². The molecule has 1 amide bonds. The molecule has 0 saturated carbocycles. The number of carbonyl (C=O) groups excluding carboxylic acids is 1. The second-order valence-electron chi connectivity index (χ2n) is 7.45. The topological polar surface area (TPSA) is 47.4 Å². The number of nitrogens with zero attached hydrogens (tertiary/aromatic N) is 3. The summed E-state index contributed by atoms with van der Waals surface area (Å²) >= 11 is 0. The van der Waals surface area contributed by atoms with Crippen LogP contribution in [0.4, 0.5) is 0 Å². The molecule has 28 heavy (non-hydrogen) atoms. The van der Waals surface area contributed by atoms with E-state index in [9.17, 15) is 4.79 Å². The lowest BCUT2D eigenvalue weighted by atomic mass is 10.2. The largest absolute Gasteiger partial charge is 0.493 e. The minimum atomic E-state index is 0.0715. The summed E-state index contributed by atoms with van der Waals surface area (Å²) in [7, 11) is 0. The summed E-state index contributed by atoms with van der Waals surface area (Å²) in [4.78, 5) is 18.9. The van der Waals surface area contributed by atoms with Crippen LogP contribution in [0.5, 0.6) is 5.75 Å². The number of aromatic nitrogens is 2. The Morgan fingerprint density at radius 2 is 1.96 bits per heavy atom. The maximum atomic E-state index is 12.1. The van der Waals surface area contributed by atoms with E-state index in [4.69, 9.17) is 9.72 Å². The molecule has 3 aromatic rings. The van der Waals surface area contributed by atoms with E-state index in [0.717, 1.165) is 60.5 Å². The van der Waals surface area contributed by atoms with Gasteiger partial charge in [0, 0.05) is 20.0 Å². The monoisotopic (exact) mass is 377 g/mol. The summed E-state index contributed by atoms with van der Waals surface area (Å²) in [6.07, 6.45) is 2.89. The summed E-state index contributed by atoms with van der Waals surface area (Å²) < 4.78 is 8.25. The standard InChI is InChI=1S/C23H27N3O2/c1-17-9-3-6-13-22(17)28-16-8-15-26-20-11-5-4-10-19(20)24-23(26)21-12-7-14-25(21)18(2)27/h3-6,9-11,13,21H,7-8,12,14-16H2,1-2H3/t21-/m0/s1. The van der Waals surface area contributed by atoms with Crippen LogP contribution in [0.15, 0.2) is 48.5 Å². The average molecular weight is 377 g/mol. The van der Waals surface area contributed by atoms with E-state index in [1.54, 1.807) is 6.92 Å². The smallest absolute Gasteiger partial charge is 0.220 e. The van der Waals surface area contributed by atoms with Gasteiger partial charge in [-0.15, -0.1) is 0 Å². The number of para-hydroxylation sites is 3. The molecule has 5 heteroatoms. The van der Waals surface area contributed by atoms with Gasteiger partial charge in [-0.05, 0) is 49.9 Å². The molecular formula is C23H27N3O2. The van der Waals surface area contributed by atoms with Crippen LogP contribution in [0.1, 0.15) is 43.6 Å². The molecule has 0 radical (unpaired) electrons. The van der Waals surface area contributed by atoms with Gasteiger partial charge in [0.05, 0.1) is 23.7 Å². The first-order valence-electron chi connectivity index (χ1n) is 10.1.